The Morgan fingerprint density at radius 1 is 1.06 bits per heavy atom. The molecule has 0 saturated heterocycles. The van der Waals surface area contributed by atoms with Crippen molar-refractivity contribution in [2.45, 2.75) is 38.7 Å². The number of benzene rings is 2. The van der Waals surface area contributed by atoms with Gasteiger partial charge in [-0.3, -0.25) is 4.79 Å². The highest BCUT2D eigenvalue weighted by Gasteiger charge is 2.38. The molecule has 180 valence electrons. The summed E-state index contributed by atoms with van der Waals surface area (Å²) < 4.78 is 48.2. The van der Waals surface area contributed by atoms with Gasteiger partial charge < -0.3 is 14.8 Å². The van der Waals surface area contributed by atoms with Gasteiger partial charge in [0.25, 0.3) is 0 Å². The van der Waals surface area contributed by atoms with Crippen molar-refractivity contribution < 1.29 is 27.8 Å². The Balaban J connectivity index is 1.30. The third kappa shape index (κ3) is 4.45. The van der Waals surface area contributed by atoms with Gasteiger partial charge >= 0.3 is 5.97 Å². The topological polar surface area (TPSA) is 88.1 Å². The average molecular weight is 481 g/mol. The first-order chi connectivity index (χ1) is 16.7. The van der Waals surface area contributed by atoms with E-state index in [1.54, 1.807) is 31.3 Å². The number of halogens is 3. The number of aliphatic carboxylic acids is 1. The molecule has 2 aromatic carbocycles. The zero-order chi connectivity index (χ0) is 24.7. The summed E-state index contributed by atoms with van der Waals surface area (Å²) in [4.78, 5) is 22.5. The van der Waals surface area contributed by atoms with Crippen LogP contribution in [0.2, 0.25) is 0 Å². The van der Waals surface area contributed by atoms with E-state index >= 15 is 0 Å². The van der Waals surface area contributed by atoms with E-state index < -0.39 is 28.8 Å². The van der Waals surface area contributed by atoms with Crippen LogP contribution in [0.15, 0.2) is 48.7 Å². The molecule has 1 aliphatic rings. The standard InChI is InChI=1S/C26H22F3N3O3/c1-26(25(33)34)8-6-17(7-9-26)35-22-5-3-15(13-30-22)14-2-4-18(19(28)10-14)24-31-21-12-16(27)11-20(29)23(21)32-24/h2-5,10-13,17H,6-9H2,1H3,(H,31,32)(H,33,34). The minimum atomic E-state index is -0.822. The van der Waals surface area contributed by atoms with Crippen LogP contribution in [0.5, 0.6) is 5.88 Å². The van der Waals surface area contributed by atoms with Crippen molar-refractivity contribution in [2.24, 2.45) is 5.41 Å². The van der Waals surface area contributed by atoms with E-state index in [0.29, 0.717) is 42.7 Å². The van der Waals surface area contributed by atoms with E-state index in [0.717, 1.165) is 12.1 Å². The molecule has 2 aromatic heterocycles. The normalized spacial score (nSPS) is 20.2. The number of carboxylic acid groups (broad SMARTS) is 1. The van der Waals surface area contributed by atoms with Gasteiger partial charge in [-0.15, -0.1) is 0 Å². The van der Waals surface area contributed by atoms with E-state index in [1.165, 1.54) is 12.1 Å². The van der Waals surface area contributed by atoms with Crippen LogP contribution in [0.1, 0.15) is 32.6 Å². The molecule has 0 aliphatic heterocycles. The van der Waals surface area contributed by atoms with E-state index in [1.807, 2.05) is 0 Å². The van der Waals surface area contributed by atoms with Crippen molar-refractivity contribution >= 4 is 17.0 Å². The van der Waals surface area contributed by atoms with Gasteiger partial charge in [0.2, 0.25) is 5.88 Å². The average Bonchev–Trinajstić information content (AvgIpc) is 3.25. The van der Waals surface area contributed by atoms with Crippen LogP contribution in [0.4, 0.5) is 13.2 Å². The van der Waals surface area contributed by atoms with Gasteiger partial charge in [-0.05, 0) is 62.4 Å². The van der Waals surface area contributed by atoms with Crippen molar-refractivity contribution in [3.63, 3.8) is 0 Å². The summed E-state index contributed by atoms with van der Waals surface area (Å²) in [6.45, 7) is 1.76. The zero-order valence-electron chi connectivity index (χ0n) is 18.8. The Morgan fingerprint density at radius 2 is 1.80 bits per heavy atom. The number of imidazole rings is 1. The maximum Gasteiger partial charge on any atom is 0.309 e. The van der Waals surface area contributed by atoms with Crippen LogP contribution in [-0.4, -0.2) is 32.1 Å². The molecule has 1 saturated carbocycles. The Hall–Kier alpha value is -3.88. The molecule has 4 aromatic rings. The maximum absolute atomic E-state index is 14.9. The predicted octanol–water partition coefficient (Wildman–Crippen LogP) is 6.12. The van der Waals surface area contributed by atoms with Gasteiger partial charge in [-0.25, -0.2) is 23.1 Å². The molecular weight excluding hydrogens is 459 g/mol. The summed E-state index contributed by atoms with van der Waals surface area (Å²) in [5.74, 6) is -2.40. The fourth-order valence-corrected chi connectivity index (χ4v) is 4.41. The van der Waals surface area contributed by atoms with E-state index in [4.69, 9.17) is 4.74 Å². The Morgan fingerprint density at radius 3 is 2.46 bits per heavy atom. The first kappa shape index (κ1) is 22.9. The second-order valence-electron chi connectivity index (χ2n) is 9.13. The summed E-state index contributed by atoms with van der Waals surface area (Å²) in [6, 6.07) is 9.83. The minimum absolute atomic E-state index is 0.0600. The number of hydrogen-bond donors (Lipinski definition) is 2. The number of ether oxygens (including phenoxy) is 1. The van der Waals surface area contributed by atoms with Crippen molar-refractivity contribution in [1.29, 1.82) is 0 Å². The third-order valence-corrected chi connectivity index (χ3v) is 6.64. The molecule has 0 unspecified atom stereocenters. The smallest absolute Gasteiger partial charge is 0.309 e. The number of aromatic nitrogens is 3. The summed E-state index contributed by atoms with van der Waals surface area (Å²) in [6.07, 6.45) is 3.84. The lowest BCUT2D eigenvalue weighted by atomic mass is 9.75. The van der Waals surface area contributed by atoms with Crippen LogP contribution < -0.4 is 4.74 Å². The molecule has 1 fully saturated rings. The fraction of sp³-hybridized carbons (Fsp3) is 0.269. The fourth-order valence-electron chi connectivity index (χ4n) is 4.41. The number of rotatable bonds is 5. The predicted molar refractivity (Wildman–Crippen MR) is 123 cm³/mol. The van der Waals surface area contributed by atoms with E-state index in [-0.39, 0.29) is 28.5 Å². The minimum Gasteiger partial charge on any atom is -0.481 e. The quantitative estimate of drug-likeness (QED) is 0.359. The lowest BCUT2D eigenvalue weighted by Gasteiger charge is -2.33. The van der Waals surface area contributed by atoms with Crippen molar-refractivity contribution in [2.75, 3.05) is 0 Å². The number of carbonyl (C=O) groups is 1. The van der Waals surface area contributed by atoms with Crippen molar-refractivity contribution in [3.05, 3.63) is 66.1 Å². The number of aromatic amines is 1. The first-order valence-corrected chi connectivity index (χ1v) is 11.2. The molecule has 35 heavy (non-hydrogen) atoms. The number of pyridine rings is 1. The molecule has 2 heterocycles. The number of hydrogen-bond acceptors (Lipinski definition) is 4. The monoisotopic (exact) mass is 481 g/mol. The number of nitrogens with one attached hydrogen (secondary N) is 1. The molecule has 5 rings (SSSR count). The number of H-pyrrole nitrogens is 1. The highest BCUT2D eigenvalue weighted by atomic mass is 19.1. The molecular formula is C26H22F3N3O3. The highest BCUT2D eigenvalue weighted by molar-refractivity contribution is 5.80. The summed E-state index contributed by atoms with van der Waals surface area (Å²) in [7, 11) is 0. The zero-order valence-corrected chi connectivity index (χ0v) is 18.8. The molecule has 0 amide bonds. The second kappa shape index (κ2) is 8.72. The molecule has 1 aliphatic carbocycles. The number of nitrogens with zero attached hydrogens (tertiary/aromatic N) is 2. The lowest BCUT2D eigenvalue weighted by molar-refractivity contribution is -0.150. The molecule has 6 nitrogen and oxygen atoms in total. The van der Waals surface area contributed by atoms with Gasteiger partial charge in [0, 0.05) is 23.9 Å². The second-order valence-corrected chi connectivity index (χ2v) is 9.13. The van der Waals surface area contributed by atoms with Gasteiger partial charge in [-0.1, -0.05) is 6.07 Å². The van der Waals surface area contributed by atoms with Crippen molar-refractivity contribution in [1.82, 2.24) is 15.0 Å². The van der Waals surface area contributed by atoms with Gasteiger partial charge in [0.05, 0.1) is 16.5 Å². The van der Waals surface area contributed by atoms with Crippen LogP contribution >= 0.6 is 0 Å². The Labute approximate surface area is 198 Å². The van der Waals surface area contributed by atoms with Gasteiger partial charge in [0.1, 0.15) is 29.1 Å². The molecule has 9 heteroatoms. The first-order valence-electron chi connectivity index (χ1n) is 11.2. The largest absolute Gasteiger partial charge is 0.481 e. The molecule has 0 spiro atoms. The van der Waals surface area contributed by atoms with Gasteiger partial charge in [0.15, 0.2) is 5.82 Å². The van der Waals surface area contributed by atoms with Crippen molar-refractivity contribution in [3.8, 4) is 28.4 Å². The van der Waals surface area contributed by atoms with E-state index in [2.05, 4.69) is 15.0 Å². The summed E-state index contributed by atoms with van der Waals surface area (Å²) in [5, 5.41) is 9.35. The molecule has 0 radical (unpaired) electrons. The van der Waals surface area contributed by atoms with Gasteiger partial charge in [-0.2, -0.15) is 0 Å². The highest BCUT2D eigenvalue weighted by Crippen LogP contribution is 2.37. The molecule has 2 N–H and O–H groups in total. The van der Waals surface area contributed by atoms with Crippen LogP contribution in [-0.2, 0) is 4.79 Å². The SMILES string of the molecule is CC1(C(=O)O)CCC(Oc2ccc(-c3ccc(-c4nc5c(F)cc(F)cc5[nH]4)c(F)c3)cn2)CC1. The Kier molecular flexibility index (Phi) is 5.70. The van der Waals surface area contributed by atoms with Crippen LogP contribution in [0.25, 0.3) is 33.5 Å². The summed E-state index contributed by atoms with van der Waals surface area (Å²) in [5.41, 5.74) is 0.751. The molecule has 0 atom stereocenters. The maximum atomic E-state index is 14.9. The van der Waals surface area contributed by atoms with E-state index in [9.17, 15) is 23.1 Å². The lowest BCUT2D eigenvalue weighted by Crippen LogP contribution is -2.36. The number of fused-ring (bicyclic) bond motifs is 1. The van der Waals surface area contributed by atoms with Crippen LogP contribution in [0.3, 0.4) is 0 Å². The third-order valence-electron chi connectivity index (χ3n) is 6.64. The Bertz CT molecular complexity index is 1410. The molecule has 0 bridgehead atoms. The summed E-state index contributed by atoms with van der Waals surface area (Å²) >= 11 is 0. The van der Waals surface area contributed by atoms with Crippen LogP contribution in [0, 0.1) is 22.9 Å². The number of carboxylic acids is 1.